The van der Waals surface area contributed by atoms with Gasteiger partial charge in [-0.25, -0.2) is 8.42 Å². The molecule has 0 spiro atoms. The smallest absolute Gasteiger partial charge is 0.188 e. The summed E-state index contributed by atoms with van der Waals surface area (Å²) in [7, 11) is -3.64. The molecule has 1 N–H and O–H groups in total. The van der Waals surface area contributed by atoms with E-state index in [0.717, 1.165) is 17.5 Å². The van der Waals surface area contributed by atoms with Gasteiger partial charge in [-0.1, -0.05) is 55.4 Å². The van der Waals surface area contributed by atoms with Crippen molar-refractivity contribution in [3.63, 3.8) is 0 Å². The van der Waals surface area contributed by atoms with Crippen LogP contribution in [0, 0.1) is 17.2 Å². The van der Waals surface area contributed by atoms with Crippen LogP contribution >= 0.6 is 0 Å². The minimum Gasteiger partial charge on any atom is -0.507 e. The van der Waals surface area contributed by atoms with Crippen LogP contribution in [-0.2, 0) is 20.7 Å². The fraction of sp³-hybridized carbons (Fsp3) is 0.609. The minimum absolute atomic E-state index is 0.0269. The zero-order valence-corrected chi connectivity index (χ0v) is 19.4. The summed E-state index contributed by atoms with van der Waals surface area (Å²) in [5, 5.41) is 20.3. The molecule has 0 saturated carbocycles. The lowest BCUT2D eigenvalue weighted by atomic mass is 9.78. The maximum Gasteiger partial charge on any atom is 0.188 e. The molecule has 0 saturated heterocycles. The Kier molecular flexibility index (Phi) is 7.53. The van der Waals surface area contributed by atoms with Crippen LogP contribution in [0.3, 0.4) is 0 Å². The van der Waals surface area contributed by atoms with Gasteiger partial charge in [-0.3, -0.25) is 0 Å². The zero-order valence-electron chi connectivity index (χ0n) is 18.5. The number of benzene rings is 1. The average Bonchev–Trinajstić information content (AvgIpc) is 2.50. The number of hydrogen-bond donors (Lipinski definition) is 1. The number of rotatable bonds is 6. The van der Waals surface area contributed by atoms with Crippen LogP contribution < -0.4 is 0 Å². The molecule has 0 fully saturated rings. The number of allylic oxidation sites excluding steroid dienone is 1. The van der Waals surface area contributed by atoms with Gasteiger partial charge in [0, 0.05) is 11.1 Å². The standard InChI is InChI=1S/C23H35NO3S/c1-16(2)10-9-11-28(26,27)18(15-24)12-17-13-19(22(3,4)5)21(25)20(14-17)23(6,7)8/h12-14,16,25H,9-11H2,1-8H3/b18-12+. The summed E-state index contributed by atoms with van der Waals surface area (Å²) in [5.74, 6) is 0.627. The van der Waals surface area contributed by atoms with Gasteiger partial charge >= 0.3 is 0 Å². The molecule has 0 bridgehead atoms. The number of phenolic OH excluding ortho intramolecular Hbond substituents is 1. The lowest BCUT2D eigenvalue weighted by Gasteiger charge is -2.28. The lowest BCUT2D eigenvalue weighted by Crippen LogP contribution is -2.17. The molecule has 0 aliphatic rings. The molecular weight excluding hydrogens is 370 g/mol. The summed E-state index contributed by atoms with van der Waals surface area (Å²) in [6.07, 6.45) is 2.78. The Balaban J connectivity index is 3.51. The van der Waals surface area contributed by atoms with E-state index in [9.17, 15) is 18.8 Å². The normalized spacial score (nSPS) is 13.6. The fourth-order valence-corrected chi connectivity index (χ4v) is 4.24. The monoisotopic (exact) mass is 405 g/mol. The van der Waals surface area contributed by atoms with Crippen molar-refractivity contribution in [2.24, 2.45) is 5.92 Å². The SMILES string of the molecule is CC(C)CCCS(=O)(=O)/C(C#N)=C/c1cc(C(C)(C)C)c(O)c(C(C)(C)C)c1. The number of sulfone groups is 1. The number of aromatic hydroxyl groups is 1. The molecule has 156 valence electrons. The van der Waals surface area contributed by atoms with Crippen molar-refractivity contribution in [3.8, 4) is 11.8 Å². The van der Waals surface area contributed by atoms with Crippen molar-refractivity contribution in [2.75, 3.05) is 5.75 Å². The lowest BCUT2D eigenvalue weighted by molar-refractivity contribution is 0.423. The van der Waals surface area contributed by atoms with E-state index in [2.05, 4.69) is 0 Å². The molecule has 0 heterocycles. The van der Waals surface area contributed by atoms with Gasteiger partial charge in [0.25, 0.3) is 0 Å². The predicted molar refractivity (Wildman–Crippen MR) is 117 cm³/mol. The van der Waals surface area contributed by atoms with E-state index >= 15 is 0 Å². The summed E-state index contributed by atoms with van der Waals surface area (Å²) < 4.78 is 25.3. The van der Waals surface area contributed by atoms with Crippen LogP contribution in [0.15, 0.2) is 17.0 Å². The summed E-state index contributed by atoms with van der Waals surface area (Å²) in [5.41, 5.74) is 1.45. The first-order chi connectivity index (χ1) is 12.6. The van der Waals surface area contributed by atoms with Crippen molar-refractivity contribution in [2.45, 2.75) is 79.1 Å². The van der Waals surface area contributed by atoms with Crippen LogP contribution in [0.2, 0.25) is 0 Å². The summed E-state index contributed by atoms with van der Waals surface area (Å²) >= 11 is 0. The first kappa shape index (κ1) is 24.2. The Morgan fingerprint density at radius 2 is 1.57 bits per heavy atom. The Morgan fingerprint density at radius 3 is 1.93 bits per heavy atom. The van der Waals surface area contributed by atoms with E-state index in [1.165, 1.54) is 6.08 Å². The summed E-state index contributed by atoms with van der Waals surface area (Å²) in [4.78, 5) is -0.221. The third kappa shape index (κ3) is 6.38. The van der Waals surface area contributed by atoms with Gasteiger partial charge in [0.15, 0.2) is 9.84 Å². The van der Waals surface area contributed by atoms with Crippen LogP contribution in [0.4, 0.5) is 0 Å². The molecule has 1 aromatic carbocycles. The van der Waals surface area contributed by atoms with Crippen molar-refractivity contribution in [1.29, 1.82) is 5.26 Å². The third-order valence-electron chi connectivity index (χ3n) is 4.69. The Morgan fingerprint density at radius 1 is 1.11 bits per heavy atom. The van der Waals surface area contributed by atoms with Gasteiger partial charge in [0.05, 0.1) is 5.75 Å². The van der Waals surface area contributed by atoms with Gasteiger partial charge in [0.1, 0.15) is 16.7 Å². The average molecular weight is 406 g/mol. The van der Waals surface area contributed by atoms with Crippen LogP contribution in [0.25, 0.3) is 6.08 Å². The molecule has 0 unspecified atom stereocenters. The fourth-order valence-electron chi connectivity index (χ4n) is 3.02. The second kappa shape index (κ2) is 8.69. The molecule has 1 rings (SSSR count). The molecule has 5 heteroatoms. The van der Waals surface area contributed by atoms with Gasteiger partial charge < -0.3 is 5.11 Å². The van der Waals surface area contributed by atoms with Gasteiger partial charge in [-0.2, -0.15) is 5.26 Å². The zero-order chi connectivity index (χ0) is 21.9. The Bertz CT molecular complexity index is 839. The largest absolute Gasteiger partial charge is 0.507 e. The number of nitriles is 1. The Hall–Kier alpha value is -1.80. The minimum atomic E-state index is -3.64. The second-order valence-electron chi connectivity index (χ2n) is 9.94. The highest BCUT2D eigenvalue weighted by Gasteiger charge is 2.27. The van der Waals surface area contributed by atoms with Crippen LogP contribution in [0.5, 0.6) is 5.75 Å². The van der Waals surface area contributed by atoms with E-state index < -0.39 is 9.84 Å². The van der Waals surface area contributed by atoms with Crippen LogP contribution in [-0.4, -0.2) is 19.3 Å². The molecule has 1 aromatic rings. The van der Waals surface area contributed by atoms with E-state index in [0.29, 0.717) is 17.9 Å². The highest BCUT2D eigenvalue weighted by atomic mass is 32.2. The molecule has 0 aromatic heterocycles. The highest BCUT2D eigenvalue weighted by Crippen LogP contribution is 2.40. The topological polar surface area (TPSA) is 78.2 Å². The molecule has 0 aliphatic heterocycles. The molecule has 4 nitrogen and oxygen atoms in total. The van der Waals surface area contributed by atoms with Crippen molar-refractivity contribution >= 4 is 15.9 Å². The summed E-state index contributed by atoms with van der Waals surface area (Å²) in [6, 6.07) is 5.44. The predicted octanol–water partition coefficient (Wildman–Crippen LogP) is 5.70. The van der Waals surface area contributed by atoms with Crippen LogP contribution in [0.1, 0.15) is 84.9 Å². The van der Waals surface area contributed by atoms with E-state index in [1.54, 1.807) is 12.1 Å². The number of phenols is 1. The Labute approximate surface area is 171 Å². The van der Waals surface area contributed by atoms with Crippen molar-refractivity contribution in [1.82, 2.24) is 0 Å². The van der Waals surface area contributed by atoms with Crippen molar-refractivity contribution in [3.05, 3.63) is 33.7 Å². The first-order valence-corrected chi connectivity index (χ1v) is 11.5. The van der Waals surface area contributed by atoms with Gasteiger partial charge in [0.2, 0.25) is 0 Å². The van der Waals surface area contributed by atoms with Gasteiger partial charge in [-0.05, 0) is 53.4 Å². The second-order valence-corrected chi connectivity index (χ2v) is 12.0. The molecule has 28 heavy (non-hydrogen) atoms. The molecule has 0 atom stereocenters. The quantitative estimate of drug-likeness (QED) is 0.616. The van der Waals surface area contributed by atoms with Crippen molar-refractivity contribution < 1.29 is 13.5 Å². The maximum absolute atomic E-state index is 12.6. The number of nitrogens with zero attached hydrogens (tertiary/aromatic N) is 1. The first-order valence-electron chi connectivity index (χ1n) is 9.82. The molecular formula is C23H35NO3S. The highest BCUT2D eigenvalue weighted by molar-refractivity contribution is 7.95. The molecule has 0 radical (unpaired) electrons. The van der Waals surface area contributed by atoms with E-state index in [1.807, 2.05) is 61.5 Å². The van der Waals surface area contributed by atoms with E-state index in [-0.39, 0.29) is 27.2 Å². The van der Waals surface area contributed by atoms with E-state index in [4.69, 9.17) is 0 Å². The number of hydrogen-bond acceptors (Lipinski definition) is 4. The molecule has 0 aliphatic carbocycles. The summed E-state index contributed by atoms with van der Waals surface area (Å²) in [6.45, 7) is 16.1. The third-order valence-corrected chi connectivity index (χ3v) is 6.39. The molecule has 0 amide bonds. The van der Waals surface area contributed by atoms with Gasteiger partial charge in [-0.15, -0.1) is 0 Å². The maximum atomic E-state index is 12.6.